The Balaban J connectivity index is 2.21. The summed E-state index contributed by atoms with van der Waals surface area (Å²) in [5.41, 5.74) is 0.292. The van der Waals surface area contributed by atoms with Gasteiger partial charge >= 0.3 is 0 Å². The zero-order valence-electron chi connectivity index (χ0n) is 14.8. The Morgan fingerprint density at radius 3 is 2.56 bits per heavy atom. The average Bonchev–Trinajstić information content (AvgIpc) is 2.59. The fraction of sp³-hybridized carbons (Fsp3) is 0.235. The van der Waals surface area contributed by atoms with Gasteiger partial charge in [-0.05, 0) is 25.1 Å². The van der Waals surface area contributed by atoms with Crippen LogP contribution < -0.4 is 14.4 Å². The fourth-order valence-corrected chi connectivity index (χ4v) is 3.17. The van der Waals surface area contributed by atoms with Crippen molar-refractivity contribution >= 4 is 33.0 Å². The zero-order valence-corrected chi connectivity index (χ0v) is 15.6. The minimum absolute atomic E-state index is 0.183. The summed E-state index contributed by atoms with van der Waals surface area (Å²) in [5, 5.41) is 13.3. The molecule has 1 N–H and O–H groups in total. The molecule has 2 rings (SSSR count). The van der Waals surface area contributed by atoms with Crippen LogP contribution in [0.25, 0.3) is 0 Å². The van der Waals surface area contributed by atoms with Crippen LogP contribution in [0.3, 0.4) is 0 Å². The van der Waals surface area contributed by atoms with Gasteiger partial charge in [-0.3, -0.25) is 19.2 Å². The molecular weight excluding hydrogens is 374 g/mol. The molecule has 0 radical (unpaired) electrons. The third-order valence-corrected chi connectivity index (χ3v) is 4.59. The molecule has 2 aromatic rings. The number of carbonyl (C=O) groups is 1. The van der Waals surface area contributed by atoms with Crippen LogP contribution in [0.2, 0.25) is 0 Å². The van der Waals surface area contributed by atoms with Gasteiger partial charge in [-0.15, -0.1) is 0 Å². The molecule has 0 aliphatic carbocycles. The molecule has 1 amide bonds. The molecule has 9 nitrogen and oxygen atoms in total. The molecule has 0 atom stereocenters. The third-order valence-electron chi connectivity index (χ3n) is 3.44. The number of rotatable bonds is 8. The van der Waals surface area contributed by atoms with Crippen LogP contribution in [0.1, 0.15) is 6.92 Å². The van der Waals surface area contributed by atoms with E-state index in [0.29, 0.717) is 12.4 Å². The van der Waals surface area contributed by atoms with E-state index in [4.69, 9.17) is 4.74 Å². The van der Waals surface area contributed by atoms with Crippen LogP contribution in [0.4, 0.5) is 17.1 Å². The lowest BCUT2D eigenvalue weighted by molar-refractivity contribution is -0.384. The Labute approximate surface area is 156 Å². The number of non-ortho nitro benzene ring substituents is 1. The molecule has 0 heterocycles. The Morgan fingerprint density at radius 1 is 1.22 bits per heavy atom. The Bertz CT molecular complexity index is 945. The van der Waals surface area contributed by atoms with Crippen molar-refractivity contribution in [2.45, 2.75) is 6.92 Å². The maximum Gasteiger partial charge on any atom is 0.271 e. The van der Waals surface area contributed by atoms with E-state index < -0.39 is 27.4 Å². The van der Waals surface area contributed by atoms with Crippen molar-refractivity contribution < 1.29 is 22.9 Å². The quantitative estimate of drug-likeness (QED) is 0.543. The topological polar surface area (TPSA) is 119 Å². The molecule has 2 aromatic carbocycles. The summed E-state index contributed by atoms with van der Waals surface area (Å²) >= 11 is 0. The van der Waals surface area contributed by atoms with E-state index >= 15 is 0 Å². The van der Waals surface area contributed by atoms with Gasteiger partial charge in [-0.2, -0.15) is 0 Å². The lowest BCUT2D eigenvalue weighted by atomic mass is 10.2. The minimum Gasteiger partial charge on any atom is -0.494 e. The largest absolute Gasteiger partial charge is 0.494 e. The molecule has 0 bridgehead atoms. The molecule has 0 saturated heterocycles. The fourth-order valence-electron chi connectivity index (χ4n) is 2.32. The average molecular weight is 393 g/mol. The highest BCUT2D eigenvalue weighted by atomic mass is 32.2. The van der Waals surface area contributed by atoms with Gasteiger partial charge in [0, 0.05) is 23.9 Å². The summed E-state index contributed by atoms with van der Waals surface area (Å²) in [6, 6.07) is 11.7. The van der Waals surface area contributed by atoms with E-state index in [0.717, 1.165) is 10.6 Å². The number of hydrogen-bond acceptors (Lipinski definition) is 6. The van der Waals surface area contributed by atoms with E-state index in [-0.39, 0.29) is 17.1 Å². The molecule has 0 aliphatic heterocycles. The molecule has 0 saturated carbocycles. The SMILES string of the molecule is CCOc1cccc(N(CC(=O)Nc2cccc([N+](=O)[O-])c2)S(C)(=O)=O)c1. The minimum atomic E-state index is -3.75. The van der Waals surface area contributed by atoms with Crippen LogP contribution in [0.15, 0.2) is 48.5 Å². The van der Waals surface area contributed by atoms with Gasteiger partial charge in [0.15, 0.2) is 0 Å². The number of carbonyl (C=O) groups excluding carboxylic acids is 1. The number of nitro groups is 1. The van der Waals surface area contributed by atoms with Gasteiger partial charge in [-0.1, -0.05) is 12.1 Å². The maximum atomic E-state index is 12.3. The van der Waals surface area contributed by atoms with E-state index in [9.17, 15) is 23.3 Å². The number of amides is 1. The maximum absolute atomic E-state index is 12.3. The number of hydrogen-bond donors (Lipinski definition) is 1. The predicted octanol–water partition coefficient (Wildman–Crippen LogP) is 2.40. The predicted molar refractivity (Wildman–Crippen MR) is 102 cm³/mol. The molecule has 144 valence electrons. The van der Waals surface area contributed by atoms with Crippen molar-refractivity contribution in [1.29, 1.82) is 0 Å². The molecule has 0 aliphatic rings. The molecule has 0 unspecified atom stereocenters. The second-order valence-electron chi connectivity index (χ2n) is 5.56. The second-order valence-corrected chi connectivity index (χ2v) is 7.46. The van der Waals surface area contributed by atoms with Crippen molar-refractivity contribution in [3.8, 4) is 5.75 Å². The summed E-state index contributed by atoms with van der Waals surface area (Å²) < 4.78 is 30.6. The van der Waals surface area contributed by atoms with Crippen molar-refractivity contribution in [2.75, 3.05) is 29.0 Å². The normalized spacial score (nSPS) is 10.9. The molecule has 27 heavy (non-hydrogen) atoms. The van der Waals surface area contributed by atoms with E-state index in [1.165, 1.54) is 30.3 Å². The van der Waals surface area contributed by atoms with Crippen molar-refractivity contribution in [3.63, 3.8) is 0 Å². The number of nitro benzene ring substituents is 1. The van der Waals surface area contributed by atoms with Crippen molar-refractivity contribution in [2.24, 2.45) is 0 Å². The number of benzene rings is 2. The van der Waals surface area contributed by atoms with Gasteiger partial charge in [0.1, 0.15) is 12.3 Å². The highest BCUT2D eigenvalue weighted by Gasteiger charge is 2.21. The molecular formula is C17H19N3O6S. The Kier molecular flexibility index (Phi) is 6.35. The first kappa shape index (κ1) is 20.2. The first-order valence-electron chi connectivity index (χ1n) is 7.95. The number of sulfonamides is 1. The highest BCUT2D eigenvalue weighted by Crippen LogP contribution is 2.23. The summed E-state index contributed by atoms with van der Waals surface area (Å²) in [7, 11) is -3.75. The monoisotopic (exact) mass is 393 g/mol. The van der Waals surface area contributed by atoms with Crippen LogP contribution in [-0.4, -0.2) is 38.7 Å². The van der Waals surface area contributed by atoms with E-state index in [1.54, 1.807) is 25.1 Å². The molecule has 0 aromatic heterocycles. The zero-order chi connectivity index (χ0) is 20.0. The van der Waals surface area contributed by atoms with Gasteiger partial charge in [-0.25, -0.2) is 8.42 Å². The van der Waals surface area contributed by atoms with Crippen LogP contribution in [0.5, 0.6) is 5.75 Å². The van der Waals surface area contributed by atoms with Crippen LogP contribution in [0, 0.1) is 10.1 Å². The van der Waals surface area contributed by atoms with Crippen LogP contribution in [-0.2, 0) is 14.8 Å². The van der Waals surface area contributed by atoms with E-state index in [2.05, 4.69) is 5.32 Å². The summed E-state index contributed by atoms with van der Waals surface area (Å²) in [4.78, 5) is 22.5. The highest BCUT2D eigenvalue weighted by molar-refractivity contribution is 7.92. The van der Waals surface area contributed by atoms with E-state index in [1.807, 2.05) is 0 Å². The molecule has 10 heteroatoms. The molecule has 0 spiro atoms. The number of nitrogens with one attached hydrogen (secondary N) is 1. The number of anilines is 2. The summed E-state index contributed by atoms with van der Waals surface area (Å²) in [5.74, 6) is -0.162. The van der Waals surface area contributed by atoms with Crippen LogP contribution >= 0.6 is 0 Å². The summed E-state index contributed by atoms with van der Waals surface area (Å²) in [6.07, 6.45) is 0.987. The second kappa shape index (κ2) is 8.49. The summed E-state index contributed by atoms with van der Waals surface area (Å²) in [6.45, 7) is 1.72. The smallest absolute Gasteiger partial charge is 0.271 e. The first-order valence-corrected chi connectivity index (χ1v) is 9.80. The van der Waals surface area contributed by atoms with Gasteiger partial charge in [0.2, 0.25) is 15.9 Å². The Hall–Kier alpha value is -3.14. The number of nitrogens with zero attached hydrogens (tertiary/aromatic N) is 2. The first-order chi connectivity index (χ1) is 12.7. The molecule has 0 fully saturated rings. The van der Waals surface area contributed by atoms with Crippen molar-refractivity contribution in [1.82, 2.24) is 0 Å². The third kappa shape index (κ3) is 5.68. The Morgan fingerprint density at radius 2 is 1.93 bits per heavy atom. The van der Waals surface area contributed by atoms with Gasteiger partial charge in [0.05, 0.1) is 23.5 Å². The standard InChI is InChI=1S/C17H19N3O6S/c1-3-26-16-9-5-7-14(11-16)19(27(2,24)25)12-17(21)18-13-6-4-8-15(10-13)20(22)23/h4-11H,3,12H2,1-2H3,(H,18,21). The van der Waals surface area contributed by atoms with Gasteiger partial charge < -0.3 is 10.1 Å². The number of ether oxygens (including phenoxy) is 1. The van der Waals surface area contributed by atoms with Crippen molar-refractivity contribution in [3.05, 3.63) is 58.6 Å². The lowest BCUT2D eigenvalue weighted by Crippen LogP contribution is -2.37. The van der Waals surface area contributed by atoms with Gasteiger partial charge in [0.25, 0.3) is 5.69 Å². The lowest BCUT2D eigenvalue weighted by Gasteiger charge is -2.22.